The van der Waals surface area contributed by atoms with Crippen LogP contribution in [0.1, 0.15) is 39.0 Å². The number of hydrogen-bond donors (Lipinski definition) is 1. The molecule has 0 spiro atoms. The summed E-state index contributed by atoms with van der Waals surface area (Å²) in [4.78, 5) is 11.8. The second-order valence-corrected chi connectivity index (χ2v) is 6.48. The molecular formula is C12H22BrNOS. The average Bonchev–Trinajstić information content (AvgIpc) is 2.79. The number of hydrogen-bond acceptors (Lipinski definition) is 2. The van der Waals surface area contributed by atoms with Gasteiger partial charge in [-0.1, -0.05) is 29.3 Å². The van der Waals surface area contributed by atoms with E-state index in [9.17, 15) is 4.79 Å². The third-order valence-corrected chi connectivity index (χ3v) is 4.84. The molecule has 0 aromatic rings. The zero-order valence-electron chi connectivity index (χ0n) is 10.0. The van der Waals surface area contributed by atoms with Crippen molar-refractivity contribution in [3.8, 4) is 0 Å². The Labute approximate surface area is 111 Å². The summed E-state index contributed by atoms with van der Waals surface area (Å²) < 4.78 is 0. The molecule has 16 heavy (non-hydrogen) atoms. The number of thioether (sulfide) groups is 1. The number of alkyl halides is 1. The van der Waals surface area contributed by atoms with Gasteiger partial charge in [0.05, 0.1) is 5.25 Å². The van der Waals surface area contributed by atoms with E-state index in [0.717, 1.165) is 30.5 Å². The van der Waals surface area contributed by atoms with Crippen LogP contribution < -0.4 is 5.32 Å². The molecular weight excluding hydrogens is 286 g/mol. The van der Waals surface area contributed by atoms with Crippen LogP contribution in [0.15, 0.2) is 0 Å². The molecule has 2 nitrogen and oxygen atoms in total. The zero-order chi connectivity index (χ0) is 11.8. The third-order valence-electron chi connectivity index (χ3n) is 3.00. The van der Waals surface area contributed by atoms with E-state index in [1.54, 1.807) is 0 Å². The Morgan fingerprint density at radius 3 is 2.94 bits per heavy atom. The molecule has 0 bridgehead atoms. The summed E-state index contributed by atoms with van der Waals surface area (Å²) in [5, 5.41) is 4.38. The number of carbonyl (C=O) groups is 1. The molecule has 2 atom stereocenters. The highest BCUT2D eigenvalue weighted by Crippen LogP contribution is 2.26. The SMILES string of the molecule is CCCC(CCBr)CNC(=O)C1CCCS1. The molecule has 1 fully saturated rings. The van der Waals surface area contributed by atoms with Crippen molar-refractivity contribution >= 4 is 33.6 Å². The Hall–Kier alpha value is 0.300. The minimum Gasteiger partial charge on any atom is -0.355 e. The van der Waals surface area contributed by atoms with Crippen molar-refractivity contribution < 1.29 is 4.79 Å². The summed E-state index contributed by atoms with van der Waals surface area (Å²) in [5.41, 5.74) is 0. The molecule has 1 aliphatic heterocycles. The van der Waals surface area contributed by atoms with E-state index < -0.39 is 0 Å². The van der Waals surface area contributed by atoms with Gasteiger partial charge in [-0.2, -0.15) is 0 Å². The van der Waals surface area contributed by atoms with E-state index >= 15 is 0 Å². The van der Waals surface area contributed by atoms with Gasteiger partial charge in [-0.05, 0) is 37.4 Å². The van der Waals surface area contributed by atoms with Crippen molar-refractivity contribution in [1.82, 2.24) is 5.32 Å². The van der Waals surface area contributed by atoms with E-state index in [2.05, 4.69) is 28.2 Å². The first-order chi connectivity index (χ1) is 7.77. The molecule has 2 unspecified atom stereocenters. The van der Waals surface area contributed by atoms with Gasteiger partial charge in [0, 0.05) is 11.9 Å². The van der Waals surface area contributed by atoms with Crippen LogP contribution in [0.3, 0.4) is 0 Å². The smallest absolute Gasteiger partial charge is 0.233 e. The molecule has 0 aromatic heterocycles. The van der Waals surface area contributed by atoms with Crippen molar-refractivity contribution in [3.63, 3.8) is 0 Å². The van der Waals surface area contributed by atoms with Crippen LogP contribution in [0.2, 0.25) is 0 Å². The maximum atomic E-state index is 11.8. The van der Waals surface area contributed by atoms with Crippen molar-refractivity contribution in [3.05, 3.63) is 0 Å². The number of carbonyl (C=O) groups excluding carboxylic acids is 1. The zero-order valence-corrected chi connectivity index (χ0v) is 12.4. The predicted octanol–water partition coefficient (Wildman–Crippen LogP) is 3.20. The fourth-order valence-corrected chi connectivity index (χ4v) is 3.89. The first-order valence-electron chi connectivity index (χ1n) is 6.23. The van der Waals surface area contributed by atoms with E-state index in [1.165, 1.54) is 19.3 Å². The number of halogens is 1. The lowest BCUT2D eigenvalue weighted by Crippen LogP contribution is -2.35. The topological polar surface area (TPSA) is 29.1 Å². The molecule has 1 aliphatic rings. The minimum absolute atomic E-state index is 0.228. The highest BCUT2D eigenvalue weighted by Gasteiger charge is 2.23. The van der Waals surface area contributed by atoms with Gasteiger partial charge in [0.25, 0.3) is 0 Å². The Morgan fingerprint density at radius 1 is 1.56 bits per heavy atom. The van der Waals surface area contributed by atoms with Crippen LogP contribution in [0.25, 0.3) is 0 Å². The Kier molecular flexibility index (Phi) is 7.54. The summed E-state index contributed by atoms with van der Waals surface area (Å²) in [7, 11) is 0. The second kappa shape index (κ2) is 8.40. The maximum Gasteiger partial charge on any atom is 0.233 e. The Balaban J connectivity index is 2.21. The lowest BCUT2D eigenvalue weighted by atomic mass is 10.0. The van der Waals surface area contributed by atoms with Gasteiger partial charge < -0.3 is 5.32 Å². The van der Waals surface area contributed by atoms with Gasteiger partial charge in [-0.3, -0.25) is 4.79 Å². The van der Waals surface area contributed by atoms with Crippen LogP contribution in [0, 0.1) is 5.92 Å². The van der Waals surface area contributed by atoms with Gasteiger partial charge in [-0.25, -0.2) is 0 Å². The molecule has 1 saturated heterocycles. The van der Waals surface area contributed by atoms with Gasteiger partial charge in [0.15, 0.2) is 0 Å². The normalized spacial score (nSPS) is 22.0. The molecule has 4 heteroatoms. The summed E-state index contributed by atoms with van der Waals surface area (Å²) in [6.07, 6.45) is 5.83. The number of rotatable bonds is 7. The van der Waals surface area contributed by atoms with E-state index in [4.69, 9.17) is 0 Å². The highest BCUT2D eigenvalue weighted by molar-refractivity contribution is 9.09. The van der Waals surface area contributed by atoms with Crippen LogP contribution in [-0.4, -0.2) is 28.8 Å². The summed E-state index contributed by atoms with van der Waals surface area (Å²) in [6, 6.07) is 0. The number of amides is 1. The van der Waals surface area contributed by atoms with Crippen molar-refractivity contribution in [2.45, 2.75) is 44.3 Å². The van der Waals surface area contributed by atoms with E-state index in [-0.39, 0.29) is 11.2 Å². The van der Waals surface area contributed by atoms with Gasteiger partial charge in [0.2, 0.25) is 5.91 Å². The fourth-order valence-electron chi connectivity index (χ4n) is 2.05. The van der Waals surface area contributed by atoms with E-state index in [1.807, 2.05) is 11.8 Å². The first kappa shape index (κ1) is 14.4. The monoisotopic (exact) mass is 307 g/mol. The predicted molar refractivity (Wildman–Crippen MR) is 75.3 cm³/mol. The molecule has 1 rings (SSSR count). The van der Waals surface area contributed by atoms with Gasteiger partial charge in [-0.15, -0.1) is 11.8 Å². The maximum absolute atomic E-state index is 11.8. The molecule has 0 aromatic carbocycles. The van der Waals surface area contributed by atoms with E-state index in [0.29, 0.717) is 5.92 Å². The largest absolute Gasteiger partial charge is 0.355 e. The van der Waals surface area contributed by atoms with Gasteiger partial charge in [0.1, 0.15) is 0 Å². The molecule has 1 amide bonds. The van der Waals surface area contributed by atoms with Gasteiger partial charge >= 0.3 is 0 Å². The quantitative estimate of drug-likeness (QED) is 0.732. The van der Waals surface area contributed by atoms with Crippen LogP contribution in [0.5, 0.6) is 0 Å². The average molecular weight is 308 g/mol. The molecule has 0 saturated carbocycles. The molecule has 0 aliphatic carbocycles. The minimum atomic E-state index is 0.228. The van der Waals surface area contributed by atoms with Crippen LogP contribution in [-0.2, 0) is 4.79 Å². The second-order valence-electron chi connectivity index (χ2n) is 4.38. The lowest BCUT2D eigenvalue weighted by Gasteiger charge is -2.17. The Bertz CT molecular complexity index is 201. The molecule has 1 heterocycles. The lowest BCUT2D eigenvalue weighted by molar-refractivity contribution is -0.120. The van der Waals surface area contributed by atoms with Crippen LogP contribution >= 0.6 is 27.7 Å². The van der Waals surface area contributed by atoms with Crippen molar-refractivity contribution in [1.29, 1.82) is 0 Å². The fraction of sp³-hybridized carbons (Fsp3) is 0.917. The number of nitrogens with one attached hydrogen (secondary N) is 1. The first-order valence-corrected chi connectivity index (χ1v) is 8.40. The van der Waals surface area contributed by atoms with Crippen LogP contribution in [0.4, 0.5) is 0 Å². The van der Waals surface area contributed by atoms with Crippen molar-refractivity contribution in [2.75, 3.05) is 17.6 Å². The molecule has 1 N–H and O–H groups in total. The summed E-state index contributed by atoms with van der Waals surface area (Å²) in [5.74, 6) is 2.05. The molecule has 0 radical (unpaired) electrons. The summed E-state index contributed by atoms with van der Waals surface area (Å²) >= 11 is 5.28. The standard InChI is InChI=1S/C12H22BrNOS/c1-2-4-10(6-7-13)9-14-12(15)11-5-3-8-16-11/h10-11H,2-9H2,1H3,(H,14,15). The van der Waals surface area contributed by atoms with Crippen molar-refractivity contribution in [2.24, 2.45) is 5.92 Å². The Morgan fingerprint density at radius 2 is 2.38 bits per heavy atom. The summed E-state index contributed by atoms with van der Waals surface area (Å²) in [6.45, 7) is 3.06. The molecule has 94 valence electrons. The highest BCUT2D eigenvalue weighted by atomic mass is 79.9. The third kappa shape index (κ3) is 5.09.